The number of ketones is 1. The average molecular weight is 620 g/mol. The van der Waals surface area contributed by atoms with E-state index in [2.05, 4.69) is 15.3 Å². The number of Topliss-reactive ketones (excluding diaryl/α,β-unsaturated/α-hetero) is 1. The third-order valence-electron chi connectivity index (χ3n) is 6.61. The van der Waals surface area contributed by atoms with Gasteiger partial charge in [-0.25, -0.2) is 4.39 Å². The Labute approximate surface area is 261 Å². The summed E-state index contributed by atoms with van der Waals surface area (Å²) < 4.78 is 35.9. The fraction of sp³-hybridized carbons (Fsp3) is 0.324. The van der Waals surface area contributed by atoms with Gasteiger partial charge in [0.25, 0.3) is 5.91 Å². The van der Waals surface area contributed by atoms with Crippen LogP contribution in [-0.4, -0.2) is 79.6 Å². The van der Waals surface area contributed by atoms with E-state index in [4.69, 9.17) is 24.1 Å². The van der Waals surface area contributed by atoms with Crippen LogP contribution in [0.2, 0.25) is 0 Å². The molecule has 3 N–H and O–H groups in total. The number of aromatic nitrogens is 2. The Bertz CT molecular complexity index is 1520. The second kappa shape index (κ2) is 17.8. The first-order valence-electron chi connectivity index (χ1n) is 14.7. The lowest BCUT2D eigenvalue weighted by Crippen LogP contribution is -2.27. The topological polar surface area (TPSA) is 132 Å². The maximum Gasteiger partial charge on any atom is 0.252 e. The fourth-order valence-corrected chi connectivity index (χ4v) is 4.39. The van der Waals surface area contributed by atoms with Crippen LogP contribution in [0.15, 0.2) is 73.1 Å². The predicted octanol–water partition coefficient (Wildman–Crippen LogP) is 4.44. The molecule has 4 aromatic rings. The predicted molar refractivity (Wildman–Crippen MR) is 166 cm³/mol. The average Bonchev–Trinajstić information content (AvgIpc) is 3.53. The summed E-state index contributed by atoms with van der Waals surface area (Å²) in [4.78, 5) is 32.5. The van der Waals surface area contributed by atoms with Gasteiger partial charge in [-0.15, -0.1) is 0 Å². The van der Waals surface area contributed by atoms with Crippen LogP contribution in [0.4, 0.5) is 4.39 Å². The smallest absolute Gasteiger partial charge is 0.252 e. The molecule has 11 heteroatoms. The molecule has 0 saturated carbocycles. The number of amides is 1. The summed E-state index contributed by atoms with van der Waals surface area (Å²) in [7, 11) is 0. The number of hydrogen-bond donors (Lipinski definition) is 3. The molecule has 0 radical (unpaired) electrons. The van der Waals surface area contributed by atoms with Crippen LogP contribution in [0.5, 0.6) is 11.5 Å². The highest BCUT2D eigenvalue weighted by atomic mass is 19.1. The number of rotatable bonds is 19. The number of H-pyrrole nitrogens is 1. The molecule has 4 rings (SSSR count). The van der Waals surface area contributed by atoms with Gasteiger partial charge < -0.3 is 34.4 Å². The molecule has 0 aliphatic heterocycles. The molecule has 0 bridgehead atoms. The van der Waals surface area contributed by atoms with Gasteiger partial charge >= 0.3 is 0 Å². The van der Waals surface area contributed by atoms with E-state index in [9.17, 15) is 14.0 Å². The molecule has 0 atom stereocenters. The van der Waals surface area contributed by atoms with Gasteiger partial charge in [-0.3, -0.25) is 14.6 Å². The molecule has 2 heterocycles. The molecular formula is C34H38FN3O7. The van der Waals surface area contributed by atoms with E-state index in [-0.39, 0.29) is 37.0 Å². The Morgan fingerprint density at radius 3 is 2.36 bits per heavy atom. The van der Waals surface area contributed by atoms with E-state index < -0.39 is 0 Å². The van der Waals surface area contributed by atoms with Gasteiger partial charge in [0.15, 0.2) is 0 Å². The number of carbonyl (C=O) groups is 2. The number of aromatic amines is 1. The summed E-state index contributed by atoms with van der Waals surface area (Å²) >= 11 is 0. The summed E-state index contributed by atoms with van der Waals surface area (Å²) in [6.45, 7) is 4.50. The van der Waals surface area contributed by atoms with Crippen molar-refractivity contribution in [3.8, 4) is 22.9 Å². The number of ether oxygens (including phenoxy) is 4. The van der Waals surface area contributed by atoms with Crippen molar-refractivity contribution in [2.45, 2.75) is 19.8 Å². The number of aryl methyl sites for hydroxylation is 1. The van der Waals surface area contributed by atoms with Crippen molar-refractivity contribution in [2.24, 2.45) is 0 Å². The molecule has 0 spiro atoms. The first-order valence-corrected chi connectivity index (χ1v) is 14.7. The number of nitrogens with zero attached hydrogens (tertiary/aromatic N) is 1. The van der Waals surface area contributed by atoms with Crippen molar-refractivity contribution in [1.82, 2.24) is 15.3 Å². The van der Waals surface area contributed by atoms with Gasteiger partial charge in [0.1, 0.15) is 23.1 Å². The van der Waals surface area contributed by atoms with Crippen LogP contribution < -0.4 is 10.1 Å². The quantitative estimate of drug-likeness (QED) is 0.131. The molecule has 10 nitrogen and oxygen atoms in total. The van der Waals surface area contributed by atoms with Crippen LogP contribution in [0, 0.1) is 12.7 Å². The number of pyridine rings is 1. The minimum absolute atomic E-state index is 0.0106. The molecule has 0 fully saturated rings. The SMILES string of the molecule is Cc1ccc(F)c(CC(=O)Cc2ccc(Oc3ccnc(-c4cc(C(=O)NCCOCCOCCOCCO)c[nH]4)c3)cc2)c1. The molecule has 45 heavy (non-hydrogen) atoms. The number of hydrogen-bond acceptors (Lipinski definition) is 8. The molecule has 0 aliphatic rings. The van der Waals surface area contributed by atoms with Crippen molar-refractivity contribution in [3.05, 3.63) is 101 Å². The highest BCUT2D eigenvalue weighted by Crippen LogP contribution is 2.26. The Morgan fingerprint density at radius 2 is 1.60 bits per heavy atom. The minimum Gasteiger partial charge on any atom is -0.457 e. The van der Waals surface area contributed by atoms with E-state index in [0.717, 1.165) is 11.1 Å². The van der Waals surface area contributed by atoms with Crippen LogP contribution in [-0.2, 0) is 31.8 Å². The van der Waals surface area contributed by atoms with Crippen LogP contribution in [0.3, 0.4) is 0 Å². The lowest BCUT2D eigenvalue weighted by Gasteiger charge is -2.08. The number of halogens is 1. The first kappa shape index (κ1) is 33.5. The molecular weight excluding hydrogens is 581 g/mol. The van der Waals surface area contributed by atoms with Crippen molar-refractivity contribution in [2.75, 3.05) is 52.8 Å². The third kappa shape index (κ3) is 11.2. The highest BCUT2D eigenvalue weighted by Gasteiger charge is 2.12. The maximum absolute atomic E-state index is 14.0. The van der Waals surface area contributed by atoms with Crippen molar-refractivity contribution in [1.29, 1.82) is 0 Å². The van der Waals surface area contributed by atoms with Crippen LogP contribution in [0.25, 0.3) is 11.4 Å². The lowest BCUT2D eigenvalue weighted by atomic mass is 10.0. The third-order valence-corrected chi connectivity index (χ3v) is 6.61. The minimum atomic E-state index is -0.369. The number of aliphatic hydroxyl groups is 1. The Hall–Kier alpha value is -4.42. The highest BCUT2D eigenvalue weighted by molar-refractivity contribution is 5.95. The van der Waals surface area contributed by atoms with Crippen molar-refractivity contribution >= 4 is 11.7 Å². The molecule has 2 aromatic heterocycles. The fourth-order valence-electron chi connectivity index (χ4n) is 4.39. The van der Waals surface area contributed by atoms with Gasteiger partial charge in [0.2, 0.25) is 0 Å². The van der Waals surface area contributed by atoms with E-state index in [1.54, 1.807) is 54.9 Å². The summed E-state index contributed by atoms with van der Waals surface area (Å²) in [5, 5.41) is 11.4. The summed E-state index contributed by atoms with van der Waals surface area (Å²) in [5.74, 6) is 0.456. The standard InChI is InChI=1S/C34H38FN3O7/c1-24-2-7-31(35)26(18-24)20-28(40)19-25-3-5-29(6-4-25)45-30-8-9-36-33(22-30)32-21-27(23-38-32)34(41)37-10-12-42-14-16-44-17-15-43-13-11-39/h2-9,18,21-23,38-39H,10-17,19-20H2,1H3,(H,37,41). The monoisotopic (exact) mass is 619 g/mol. The number of nitrogens with one attached hydrogen (secondary N) is 2. The Kier molecular flexibility index (Phi) is 13.2. The molecule has 238 valence electrons. The second-order valence-electron chi connectivity index (χ2n) is 10.2. The van der Waals surface area contributed by atoms with E-state index >= 15 is 0 Å². The van der Waals surface area contributed by atoms with Gasteiger partial charge in [0, 0.05) is 37.8 Å². The van der Waals surface area contributed by atoms with E-state index in [0.29, 0.717) is 80.2 Å². The summed E-state index contributed by atoms with van der Waals surface area (Å²) in [6, 6.07) is 17.2. The largest absolute Gasteiger partial charge is 0.457 e. The number of benzene rings is 2. The summed E-state index contributed by atoms with van der Waals surface area (Å²) in [5.41, 5.74) is 3.84. The zero-order valence-corrected chi connectivity index (χ0v) is 25.2. The number of aliphatic hydroxyl groups excluding tert-OH is 1. The van der Waals surface area contributed by atoms with Gasteiger partial charge in [-0.05, 0) is 48.4 Å². The van der Waals surface area contributed by atoms with E-state index in [1.807, 2.05) is 19.1 Å². The van der Waals surface area contributed by atoms with Gasteiger partial charge in [-0.1, -0.05) is 29.8 Å². The molecule has 0 saturated heterocycles. The molecule has 0 unspecified atom stereocenters. The summed E-state index contributed by atoms with van der Waals surface area (Å²) in [6.07, 6.45) is 3.47. The first-order chi connectivity index (χ1) is 21.9. The van der Waals surface area contributed by atoms with E-state index in [1.165, 1.54) is 6.07 Å². The van der Waals surface area contributed by atoms with Gasteiger partial charge in [-0.2, -0.15) is 0 Å². The lowest BCUT2D eigenvalue weighted by molar-refractivity contribution is -0.117. The molecule has 0 aliphatic carbocycles. The van der Waals surface area contributed by atoms with Crippen molar-refractivity contribution < 1.29 is 38.0 Å². The zero-order valence-electron chi connectivity index (χ0n) is 25.2. The number of carbonyl (C=O) groups excluding carboxylic acids is 2. The Balaban J connectivity index is 1.20. The maximum atomic E-state index is 14.0. The van der Waals surface area contributed by atoms with Gasteiger partial charge in [0.05, 0.1) is 63.2 Å². The zero-order chi connectivity index (χ0) is 31.9. The Morgan fingerprint density at radius 1 is 0.867 bits per heavy atom. The molecule has 2 aromatic carbocycles. The second-order valence-corrected chi connectivity index (χ2v) is 10.2. The van der Waals surface area contributed by atoms with Crippen LogP contribution >= 0.6 is 0 Å². The van der Waals surface area contributed by atoms with Crippen LogP contribution in [0.1, 0.15) is 27.0 Å². The molecule has 1 amide bonds. The normalized spacial score (nSPS) is 11.0. The van der Waals surface area contributed by atoms with Crippen molar-refractivity contribution in [3.63, 3.8) is 0 Å².